The number of alkyl halides is 3. The number of rotatable bonds is 7. The second-order valence-corrected chi connectivity index (χ2v) is 3.60. The van der Waals surface area contributed by atoms with Gasteiger partial charge in [0, 0.05) is 0 Å². The first kappa shape index (κ1) is 13.8. The molecule has 0 N–H and O–H groups in total. The fraction of sp³-hybridized carbons (Fsp3) is 1.00. The second-order valence-electron chi connectivity index (χ2n) is 3.60. The van der Waals surface area contributed by atoms with Gasteiger partial charge in [0.25, 0.3) is 0 Å². The number of unbranched alkanes of at least 4 members (excludes halogenated alkanes) is 2. The Bertz CT molecular complexity index is 134. The van der Waals surface area contributed by atoms with Gasteiger partial charge in [0.1, 0.15) is 0 Å². The summed E-state index contributed by atoms with van der Waals surface area (Å²) in [6.07, 6.45) is -0.347. The third-order valence-corrected chi connectivity index (χ3v) is 2.02. The second kappa shape index (κ2) is 7.10. The van der Waals surface area contributed by atoms with Crippen molar-refractivity contribution in [1.29, 1.82) is 0 Å². The third-order valence-electron chi connectivity index (χ3n) is 2.02. The molecule has 0 aliphatic heterocycles. The molecule has 0 saturated heterocycles. The van der Waals surface area contributed by atoms with Gasteiger partial charge in [-0.05, 0) is 25.9 Å². The van der Waals surface area contributed by atoms with Crippen molar-refractivity contribution in [1.82, 2.24) is 4.90 Å². The lowest BCUT2D eigenvalue weighted by atomic mass is 10.2. The Morgan fingerprint density at radius 2 is 1.57 bits per heavy atom. The van der Waals surface area contributed by atoms with Gasteiger partial charge in [0.05, 0.1) is 6.54 Å². The first-order chi connectivity index (χ1) is 6.49. The number of hydrogen-bond acceptors (Lipinski definition) is 1. The van der Waals surface area contributed by atoms with Crippen LogP contribution in [0.15, 0.2) is 0 Å². The zero-order chi connectivity index (χ0) is 11.0. The Balaban J connectivity index is 3.77. The highest BCUT2D eigenvalue weighted by atomic mass is 19.4. The largest absolute Gasteiger partial charge is 0.401 e. The standard InChI is InChI=1S/C10H20F3N/c1-3-5-6-8-14(7-4-2)9-10(11,12)13/h3-9H2,1-2H3. The van der Waals surface area contributed by atoms with E-state index in [0.29, 0.717) is 13.1 Å². The Hall–Kier alpha value is -0.250. The van der Waals surface area contributed by atoms with Crippen LogP contribution in [-0.2, 0) is 0 Å². The van der Waals surface area contributed by atoms with Crippen molar-refractivity contribution in [3.05, 3.63) is 0 Å². The molecule has 0 rings (SSSR count). The lowest BCUT2D eigenvalue weighted by molar-refractivity contribution is -0.146. The van der Waals surface area contributed by atoms with E-state index in [2.05, 4.69) is 0 Å². The molecule has 0 fully saturated rings. The first-order valence-corrected chi connectivity index (χ1v) is 5.28. The maximum Gasteiger partial charge on any atom is 0.401 e. The Morgan fingerprint density at radius 3 is 2.00 bits per heavy atom. The summed E-state index contributed by atoms with van der Waals surface area (Å²) in [5, 5.41) is 0. The molecule has 0 aromatic rings. The zero-order valence-electron chi connectivity index (χ0n) is 9.03. The highest BCUT2D eigenvalue weighted by Gasteiger charge is 2.29. The van der Waals surface area contributed by atoms with Gasteiger partial charge in [-0.25, -0.2) is 0 Å². The predicted molar refractivity (Wildman–Crippen MR) is 52.3 cm³/mol. The summed E-state index contributed by atoms with van der Waals surface area (Å²) >= 11 is 0. The Kier molecular flexibility index (Phi) is 6.97. The number of nitrogens with zero attached hydrogens (tertiary/aromatic N) is 1. The fourth-order valence-electron chi connectivity index (χ4n) is 1.43. The molecule has 86 valence electrons. The topological polar surface area (TPSA) is 3.24 Å². The molecule has 0 amide bonds. The minimum absolute atomic E-state index is 0.545. The van der Waals surface area contributed by atoms with E-state index < -0.39 is 12.7 Å². The smallest absolute Gasteiger partial charge is 0.295 e. The average molecular weight is 211 g/mol. The normalized spacial score (nSPS) is 12.4. The SMILES string of the molecule is CCCCCN(CCC)CC(F)(F)F. The van der Waals surface area contributed by atoms with E-state index in [1.165, 1.54) is 4.90 Å². The highest BCUT2D eigenvalue weighted by molar-refractivity contribution is 4.62. The van der Waals surface area contributed by atoms with Crippen LogP contribution in [0.25, 0.3) is 0 Å². The summed E-state index contributed by atoms with van der Waals surface area (Å²) in [5.74, 6) is 0. The van der Waals surface area contributed by atoms with Crippen molar-refractivity contribution in [2.24, 2.45) is 0 Å². The van der Waals surface area contributed by atoms with E-state index in [0.717, 1.165) is 25.7 Å². The summed E-state index contributed by atoms with van der Waals surface area (Å²) in [6, 6.07) is 0. The number of hydrogen-bond donors (Lipinski definition) is 0. The summed E-state index contributed by atoms with van der Waals surface area (Å²) in [6.45, 7) is 4.31. The quantitative estimate of drug-likeness (QED) is 0.583. The molecule has 0 saturated carbocycles. The molecule has 0 aliphatic carbocycles. The fourth-order valence-corrected chi connectivity index (χ4v) is 1.43. The zero-order valence-corrected chi connectivity index (χ0v) is 9.03. The molecule has 0 unspecified atom stereocenters. The van der Waals surface area contributed by atoms with Crippen LogP contribution in [-0.4, -0.2) is 30.7 Å². The van der Waals surface area contributed by atoms with Crippen molar-refractivity contribution in [2.45, 2.75) is 45.7 Å². The van der Waals surface area contributed by atoms with E-state index in [-0.39, 0.29) is 0 Å². The van der Waals surface area contributed by atoms with Crippen molar-refractivity contribution in [2.75, 3.05) is 19.6 Å². The maximum absolute atomic E-state index is 12.1. The van der Waals surface area contributed by atoms with Crippen LogP contribution in [0, 0.1) is 0 Å². The van der Waals surface area contributed by atoms with Crippen molar-refractivity contribution >= 4 is 0 Å². The van der Waals surface area contributed by atoms with Crippen molar-refractivity contribution < 1.29 is 13.2 Å². The maximum atomic E-state index is 12.1. The summed E-state index contributed by atoms with van der Waals surface area (Å²) < 4.78 is 36.3. The van der Waals surface area contributed by atoms with E-state index in [9.17, 15) is 13.2 Å². The monoisotopic (exact) mass is 211 g/mol. The van der Waals surface area contributed by atoms with E-state index in [4.69, 9.17) is 0 Å². The van der Waals surface area contributed by atoms with Crippen LogP contribution in [0.3, 0.4) is 0 Å². The van der Waals surface area contributed by atoms with Crippen LogP contribution in [0.2, 0.25) is 0 Å². The lowest BCUT2D eigenvalue weighted by Gasteiger charge is -2.22. The van der Waals surface area contributed by atoms with Crippen LogP contribution in [0.5, 0.6) is 0 Å². The van der Waals surface area contributed by atoms with Gasteiger partial charge in [-0.3, -0.25) is 4.90 Å². The lowest BCUT2D eigenvalue weighted by Crippen LogP contribution is -2.35. The van der Waals surface area contributed by atoms with Crippen LogP contribution >= 0.6 is 0 Å². The van der Waals surface area contributed by atoms with Crippen LogP contribution in [0.1, 0.15) is 39.5 Å². The van der Waals surface area contributed by atoms with Gasteiger partial charge in [-0.15, -0.1) is 0 Å². The highest BCUT2D eigenvalue weighted by Crippen LogP contribution is 2.17. The van der Waals surface area contributed by atoms with Gasteiger partial charge in [0.15, 0.2) is 0 Å². The minimum atomic E-state index is -4.05. The van der Waals surface area contributed by atoms with Crippen LogP contribution < -0.4 is 0 Å². The molecule has 0 spiro atoms. The van der Waals surface area contributed by atoms with Gasteiger partial charge in [-0.2, -0.15) is 13.2 Å². The van der Waals surface area contributed by atoms with E-state index >= 15 is 0 Å². The summed E-state index contributed by atoms with van der Waals surface area (Å²) in [5.41, 5.74) is 0. The van der Waals surface area contributed by atoms with Crippen molar-refractivity contribution in [3.8, 4) is 0 Å². The molecular formula is C10H20F3N. The van der Waals surface area contributed by atoms with Gasteiger partial charge < -0.3 is 0 Å². The molecule has 0 atom stereocenters. The summed E-state index contributed by atoms with van der Waals surface area (Å²) in [4.78, 5) is 1.50. The van der Waals surface area contributed by atoms with E-state index in [1.807, 2.05) is 13.8 Å². The predicted octanol–water partition coefficient (Wildman–Crippen LogP) is 3.45. The van der Waals surface area contributed by atoms with Crippen molar-refractivity contribution in [3.63, 3.8) is 0 Å². The molecule has 14 heavy (non-hydrogen) atoms. The van der Waals surface area contributed by atoms with Crippen LogP contribution in [0.4, 0.5) is 13.2 Å². The average Bonchev–Trinajstić information content (AvgIpc) is 2.02. The molecule has 0 aromatic carbocycles. The molecule has 0 aliphatic rings. The summed E-state index contributed by atoms with van der Waals surface area (Å²) in [7, 11) is 0. The minimum Gasteiger partial charge on any atom is -0.295 e. The first-order valence-electron chi connectivity index (χ1n) is 5.28. The molecule has 1 nitrogen and oxygen atoms in total. The molecule has 4 heteroatoms. The molecular weight excluding hydrogens is 191 g/mol. The molecule has 0 aromatic heterocycles. The third kappa shape index (κ3) is 8.35. The molecule has 0 bridgehead atoms. The van der Waals surface area contributed by atoms with Gasteiger partial charge in [0.2, 0.25) is 0 Å². The van der Waals surface area contributed by atoms with Gasteiger partial charge >= 0.3 is 6.18 Å². The van der Waals surface area contributed by atoms with Gasteiger partial charge in [-0.1, -0.05) is 26.7 Å². The molecule has 0 heterocycles. The molecule has 0 radical (unpaired) electrons. The Labute approximate surface area is 84.3 Å². The van der Waals surface area contributed by atoms with E-state index in [1.54, 1.807) is 0 Å². The number of halogens is 3. The Morgan fingerprint density at radius 1 is 0.929 bits per heavy atom.